The summed E-state index contributed by atoms with van der Waals surface area (Å²) in [5, 5.41) is 4.52. The van der Waals surface area contributed by atoms with Gasteiger partial charge < -0.3 is 0 Å². The van der Waals surface area contributed by atoms with Gasteiger partial charge in [-0.3, -0.25) is 0 Å². The second kappa shape index (κ2) is 13.3. The second-order valence-electron chi connectivity index (χ2n) is 12.4. The summed E-state index contributed by atoms with van der Waals surface area (Å²) in [4.78, 5) is 0. The van der Waals surface area contributed by atoms with Crippen molar-refractivity contribution in [2.24, 2.45) is 0 Å². The van der Waals surface area contributed by atoms with Gasteiger partial charge in [0, 0.05) is 5.04 Å². The molecule has 1 unspecified atom stereocenters. The fourth-order valence-electron chi connectivity index (χ4n) is 7.03. The summed E-state index contributed by atoms with van der Waals surface area (Å²) in [5.74, 6) is 0. The monoisotopic (exact) mass is 548 g/mol. The molecule has 0 bridgehead atoms. The molecule has 0 aromatic heterocycles. The van der Waals surface area contributed by atoms with Gasteiger partial charge in [-0.05, 0) is 97.1 Å². The van der Waals surface area contributed by atoms with Crippen LogP contribution < -0.4 is 15.6 Å². The van der Waals surface area contributed by atoms with E-state index < -0.39 is 8.07 Å². The zero-order valence-electron chi connectivity index (χ0n) is 26.4. The summed E-state index contributed by atoms with van der Waals surface area (Å²) in [6.07, 6.45) is 13.6. The first-order valence-corrected chi connectivity index (χ1v) is 18.0. The average molecular weight is 549 g/mol. The maximum Gasteiger partial charge on any atom is 0.161 e. The minimum atomic E-state index is -2.56. The van der Waals surface area contributed by atoms with E-state index >= 15 is 0 Å². The summed E-state index contributed by atoms with van der Waals surface area (Å²) in [6.45, 7) is 16.5. The fraction of sp³-hybridized carbons (Fsp3) is 0.436. The Morgan fingerprint density at radius 2 is 0.850 bits per heavy atom. The largest absolute Gasteiger partial charge is 0.161 e. The number of hydrogen-bond acceptors (Lipinski definition) is 0. The first kappa shape index (κ1) is 30.3. The van der Waals surface area contributed by atoms with Crippen LogP contribution in [-0.4, -0.2) is 8.07 Å². The molecule has 3 aromatic rings. The van der Waals surface area contributed by atoms with Gasteiger partial charge in [-0.1, -0.05) is 137 Å². The minimum Gasteiger partial charge on any atom is -0.0730 e. The van der Waals surface area contributed by atoms with E-state index in [0.29, 0.717) is 0 Å². The lowest BCUT2D eigenvalue weighted by Crippen LogP contribution is -2.73. The lowest BCUT2D eigenvalue weighted by atomic mass is 10.0. The highest BCUT2D eigenvalue weighted by Gasteiger charge is 2.55. The predicted molar refractivity (Wildman–Crippen MR) is 180 cm³/mol. The van der Waals surface area contributed by atoms with Crippen molar-refractivity contribution in [3.8, 4) is 0 Å². The van der Waals surface area contributed by atoms with Crippen LogP contribution in [0.3, 0.4) is 0 Å². The van der Waals surface area contributed by atoms with Crippen LogP contribution >= 0.6 is 0 Å². The van der Waals surface area contributed by atoms with Gasteiger partial charge in [-0.15, -0.1) is 0 Å². The van der Waals surface area contributed by atoms with E-state index in [1.54, 1.807) is 0 Å². The highest BCUT2D eigenvalue weighted by Crippen LogP contribution is 2.52. The van der Waals surface area contributed by atoms with Gasteiger partial charge in [0.1, 0.15) is 0 Å². The molecule has 0 aliphatic heterocycles. The maximum absolute atomic E-state index is 2.63. The fourth-order valence-corrected chi connectivity index (χ4v) is 13.0. The third-order valence-electron chi connectivity index (χ3n) is 9.84. The Bertz CT molecular complexity index is 1180. The molecule has 40 heavy (non-hydrogen) atoms. The Kier molecular flexibility index (Phi) is 10.1. The molecule has 0 saturated carbocycles. The van der Waals surface area contributed by atoms with E-state index in [4.69, 9.17) is 0 Å². The number of benzene rings is 3. The van der Waals surface area contributed by atoms with Crippen molar-refractivity contribution < 1.29 is 0 Å². The van der Waals surface area contributed by atoms with E-state index in [1.165, 1.54) is 87.5 Å². The molecule has 0 radical (unpaired) electrons. The van der Waals surface area contributed by atoms with Crippen LogP contribution in [0.2, 0.25) is 5.04 Å². The molecule has 0 nitrogen and oxygen atoms in total. The molecular formula is C39H52Si. The van der Waals surface area contributed by atoms with Crippen LogP contribution in [0, 0.1) is 0 Å². The third-order valence-corrected chi connectivity index (χ3v) is 15.5. The van der Waals surface area contributed by atoms with Gasteiger partial charge in [0.15, 0.2) is 8.07 Å². The van der Waals surface area contributed by atoms with Crippen LogP contribution in [0.1, 0.15) is 104 Å². The lowest BCUT2D eigenvalue weighted by Gasteiger charge is -2.47. The van der Waals surface area contributed by atoms with Crippen molar-refractivity contribution >= 4 is 23.6 Å². The molecular weight excluding hydrogens is 497 g/mol. The minimum absolute atomic E-state index is 0.0536. The topological polar surface area (TPSA) is 0 Å². The summed E-state index contributed by atoms with van der Waals surface area (Å²) in [7, 11) is -2.56. The highest BCUT2D eigenvalue weighted by molar-refractivity contribution is 7.14. The highest BCUT2D eigenvalue weighted by atomic mass is 28.3. The molecule has 3 aromatic carbocycles. The lowest BCUT2D eigenvalue weighted by molar-refractivity contribution is 0.795. The van der Waals surface area contributed by atoms with E-state index in [1.807, 2.05) is 0 Å². The van der Waals surface area contributed by atoms with E-state index in [9.17, 15) is 0 Å². The van der Waals surface area contributed by atoms with Gasteiger partial charge in [-0.25, -0.2) is 0 Å². The Balaban J connectivity index is 2.00. The number of rotatable bonds is 13. The number of unbranched alkanes of at least 4 members (excludes halogenated alkanes) is 3. The SMILES string of the molecule is CCCCc1ccc([Si](c2ccc(CCCC)cc2)(c2ccc(CCCC)cc2)C2(C)C=C(C)C(C)=C2C)cc1. The normalized spacial score (nSPS) is 17.4. The molecule has 1 heteroatoms. The van der Waals surface area contributed by atoms with Gasteiger partial charge in [-0.2, -0.15) is 0 Å². The molecule has 1 aliphatic rings. The zero-order chi connectivity index (χ0) is 28.8. The smallest absolute Gasteiger partial charge is 0.0730 e. The van der Waals surface area contributed by atoms with Crippen LogP contribution in [0.4, 0.5) is 0 Å². The van der Waals surface area contributed by atoms with Crippen molar-refractivity contribution in [2.45, 2.75) is 111 Å². The van der Waals surface area contributed by atoms with Gasteiger partial charge >= 0.3 is 0 Å². The molecule has 1 atom stereocenters. The molecule has 0 fully saturated rings. The van der Waals surface area contributed by atoms with Crippen LogP contribution in [-0.2, 0) is 19.3 Å². The molecule has 4 rings (SSSR count). The first-order chi connectivity index (χ1) is 19.3. The number of hydrogen-bond donors (Lipinski definition) is 0. The first-order valence-electron chi connectivity index (χ1n) is 16.0. The molecule has 0 amide bonds. The van der Waals surface area contributed by atoms with Crippen molar-refractivity contribution in [2.75, 3.05) is 0 Å². The summed E-state index contributed by atoms with van der Waals surface area (Å²) < 4.78 is 0. The molecule has 0 saturated heterocycles. The zero-order valence-corrected chi connectivity index (χ0v) is 27.4. The van der Waals surface area contributed by atoms with Gasteiger partial charge in [0.2, 0.25) is 0 Å². The third kappa shape index (κ3) is 5.73. The number of allylic oxidation sites excluding steroid dienone is 4. The maximum atomic E-state index is 2.63. The molecule has 1 aliphatic carbocycles. The van der Waals surface area contributed by atoms with Crippen molar-refractivity contribution in [1.29, 1.82) is 0 Å². The van der Waals surface area contributed by atoms with Gasteiger partial charge in [0.05, 0.1) is 0 Å². The van der Waals surface area contributed by atoms with Crippen molar-refractivity contribution in [1.82, 2.24) is 0 Å². The average Bonchev–Trinajstić information content (AvgIpc) is 3.18. The Labute approximate surface area is 246 Å². The van der Waals surface area contributed by atoms with Crippen LogP contribution in [0.15, 0.2) is 95.6 Å². The van der Waals surface area contributed by atoms with Crippen LogP contribution in [0.5, 0.6) is 0 Å². The van der Waals surface area contributed by atoms with E-state index in [2.05, 4.69) is 127 Å². The predicted octanol–water partition coefficient (Wildman–Crippen LogP) is 9.24. The second-order valence-corrected chi connectivity index (χ2v) is 16.7. The quantitative estimate of drug-likeness (QED) is 0.147. The van der Waals surface area contributed by atoms with E-state index in [0.717, 1.165) is 19.3 Å². The number of aryl methyl sites for hydroxylation is 3. The molecule has 0 N–H and O–H groups in total. The summed E-state index contributed by atoms with van der Waals surface area (Å²) in [6, 6.07) is 29.6. The van der Waals surface area contributed by atoms with Crippen molar-refractivity contribution in [3.63, 3.8) is 0 Å². The summed E-state index contributed by atoms with van der Waals surface area (Å²) in [5.41, 5.74) is 8.84. The Hall–Kier alpha value is -2.64. The van der Waals surface area contributed by atoms with Gasteiger partial charge in [0.25, 0.3) is 0 Å². The molecule has 0 heterocycles. The molecule has 0 spiro atoms. The Morgan fingerprint density at radius 3 is 1.10 bits per heavy atom. The Morgan fingerprint density at radius 1 is 0.525 bits per heavy atom. The molecule has 212 valence electrons. The van der Waals surface area contributed by atoms with E-state index in [-0.39, 0.29) is 5.04 Å². The van der Waals surface area contributed by atoms with Crippen molar-refractivity contribution in [3.05, 3.63) is 112 Å². The summed E-state index contributed by atoms with van der Waals surface area (Å²) >= 11 is 0. The standard InChI is InChI=1S/C39H52Si/c1-8-11-14-33-17-23-36(24-18-33)40(39(7)29-30(4)31(5)32(39)6,37-25-19-34(20-26-37)15-12-9-2)38-27-21-35(22-28-38)16-13-10-3/h17-29H,8-16H2,1-7H3. The van der Waals surface area contributed by atoms with Crippen LogP contribution in [0.25, 0.3) is 0 Å².